The molecular weight excluding hydrogens is 349 g/mol. The van der Waals surface area contributed by atoms with Gasteiger partial charge in [0.2, 0.25) is 0 Å². The van der Waals surface area contributed by atoms with E-state index >= 15 is 0 Å². The Morgan fingerprint density at radius 3 is 2.42 bits per heavy atom. The highest BCUT2D eigenvalue weighted by Gasteiger charge is 2.40. The number of hydrogen-bond donors (Lipinski definition) is 1. The van der Waals surface area contributed by atoms with Crippen LogP contribution in [0.25, 0.3) is 6.08 Å². The normalized spacial score (nSPS) is 21.3. The number of benzene rings is 1. The second kappa shape index (κ2) is 6.93. The lowest BCUT2D eigenvalue weighted by atomic mass is 9.93. The van der Waals surface area contributed by atoms with Gasteiger partial charge in [-0.05, 0) is 36.6 Å². The number of nitrogens with zero attached hydrogens (tertiary/aromatic N) is 1. The Labute approximate surface area is 147 Å². The standard InChI is InChI=1S/C18H17F3N2O3/c19-18(20,21)12-6-4-5-11(9-12)10-14-15(24)22-17(26)23(16(14)25)13-7-2-1-3-8-13/h4-6,9-10,13H,1-3,7-8H2,(H,22,24,26). The zero-order chi connectivity index (χ0) is 18.9. The summed E-state index contributed by atoms with van der Waals surface area (Å²) in [6.45, 7) is 0. The smallest absolute Gasteiger partial charge is 0.273 e. The van der Waals surface area contributed by atoms with Crippen LogP contribution in [0.5, 0.6) is 0 Å². The molecule has 1 N–H and O–H groups in total. The van der Waals surface area contributed by atoms with Gasteiger partial charge in [0.05, 0.1) is 5.56 Å². The lowest BCUT2D eigenvalue weighted by Crippen LogP contribution is -2.58. The van der Waals surface area contributed by atoms with E-state index in [1.54, 1.807) is 0 Å². The van der Waals surface area contributed by atoms with Crippen molar-refractivity contribution in [3.63, 3.8) is 0 Å². The molecular formula is C18H17F3N2O3. The topological polar surface area (TPSA) is 66.5 Å². The van der Waals surface area contributed by atoms with Crippen molar-refractivity contribution in [2.75, 3.05) is 0 Å². The summed E-state index contributed by atoms with van der Waals surface area (Å²) in [7, 11) is 0. The molecule has 1 aromatic carbocycles. The lowest BCUT2D eigenvalue weighted by Gasteiger charge is -2.35. The summed E-state index contributed by atoms with van der Waals surface area (Å²) in [6.07, 6.45) is 0.651. The number of hydrogen-bond acceptors (Lipinski definition) is 3. The number of carbonyl (C=O) groups excluding carboxylic acids is 3. The summed E-state index contributed by atoms with van der Waals surface area (Å²) in [5, 5.41) is 2.11. The molecule has 2 aliphatic rings. The van der Waals surface area contributed by atoms with Crippen LogP contribution in [-0.2, 0) is 15.8 Å². The van der Waals surface area contributed by atoms with Gasteiger partial charge in [0.15, 0.2) is 0 Å². The lowest BCUT2D eigenvalue weighted by molar-refractivity contribution is -0.137. The molecule has 1 aromatic rings. The van der Waals surface area contributed by atoms with E-state index in [9.17, 15) is 27.6 Å². The van der Waals surface area contributed by atoms with Gasteiger partial charge in [0.25, 0.3) is 11.8 Å². The Bertz CT molecular complexity index is 780. The fourth-order valence-electron chi connectivity index (χ4n) is 3.31. The molecule has 0 unspecified atom stereocenters. The van der Waals surface area contributed by atoms with Crippen LogP contribution in [0, 0.1) is 0 Å². The highest BCUT2D eigenvalue weighted by atomic mass is 19.4. The molecule has 138 valence electrons. The maximum absolute atomic E-state index is 12.8. The fourth-order valence-corrected chi connectivity index (χ4v) is 3.31. The van der Waals surface area contributed by atoms with Crippen LogP contribution in [0.15, 0.2) is 29.8 Å². The van der Waals surface area contributed by atoms with Crippen LogP contribution >= 0.6 is 0 Å². The highest BCUT2D eigenvalue weighted by molar-refractivity contribution is 6.31. The van der Waals surface area contributed by atoms with Crippen molar-refractivity contribution in [1.82, 2.24) is 10.2 Å². The third-order valence-electron chi connectivity index (χ3n) is 4.60. The van der Waals surface area contributed by atoms with Gasteiger partial charge in [-0.3, -0.25) is 19.8 Å². The van der Waals surface area contributed by atoms with Gasteiger partial charge in [-0.1, -0.05) is 31.4 Å². The van der Waals surface area contributed by atoms with Crippen LogP contribution < -0.4 is 5.32 Å². The maximum atomic E-state index is 12.8. The molecule has 0 spiro atoms. The van der Waals surface area contributed by atoms with E-state index in [1.165, 1.54) is 12.1 Å². The van der Waals surface area contributed by atoms with Crippen LogP contribution in [0.1, 0.15) is 43.2 Å². The molecule has 0 atom stereocenters. The summed E-state index contributed by atoms with van der Waals surface area (Å²) >= 11 is 0. The van der Waals surface area contributed by atoms with Crippen LogP contribution in [0.4, 0.5) is 18.0 Å². The molecule has 0 bridgehead atoms. The van der Waals surface area contributed by atoms with Crippen molar-refractivity contribution in [1.29, 1.82) is 0 Å². The minimum atomic E-state index is -4.53. The summed E-state index contributed by atoms with van der Waals surface area (Å²) < 4.78 is 38.5. The van der Waals surface area contributed by atoms with Crippen molar-refractivity contribution < 1.29 is 27.6 Å². The maximum Gasteiger partial charge on any atom is 0.416 e. The van der Waals surface area contributed by atoms with Gasteiger partial charge in [0.1, 0.15) is 5.57 Å². The largest absolute Gasteiger partial charge is 0.416 e. The number of urea groups is 1. The van der Waals surface area contributed by atoms with E-state index in [2.05, 4.69) is 5.32 Å². The van der Waals surface area contributed by atoms with Gasteiger partial charge in [-0.25, -0.2) is 4.79 Å². The van der Waals surface area contributed by atoms with Crippen LogP contribution in [0.3, 0.4) is 0 Å². The first kappa shape index (κ1) is 18.2. The summed E-state index contributed by atoms with van der Waals surface area (Å²) in [5.74, 6) is -1.66. The van der Waals surface area contributed by atoms with E-state index in [4.69, 9.17) is 0 Å². The predicted octanol–water partition coefficient (Wildman–Crippen LogP) is 3.50. The minimum Gasteiger partial charge on any atom is -0.273 e. The first-order valence-electron chi connectivity index (χ1n) is 8.35. The number of barbiturate groups is 1. The number of alkyl halides is 3. The van der Waals surface area contributed by atoms with Gasteiger partial charge in [-0.2, -0.15) is 13.2 Å². The number of amides is 4. The summed E-state index contributed by atoms with van der Waals surface area (Å²) in [5.41, 5.74) is -1.15. The molecule has 0 radical (unpaired) electrons. The van der Waals surface area contributed by atoms with E-state index in [0.717, 1.165) is 42.4 Å². The van der Waals surface area contributed by atoms with Crippen LogP contribution in [0.2, 0.25) is 0 Å². The molecule has 1 saturated heterocycles. The van der Waals surface area contributed by atoms with Gasteiger partial charge < -0.3 is 0 Å². The minimum absolute atomic E-state index is 0.0660. The Hall–Kier alpha value is -2.64. The first-order valence-corrected chi connectivity index (χ1v) is 8.35. The fraction of sp³-hybridized carbons (Fsp3) is 0.389. The molecule has 2 fully saturated rings. The molecule has 5 nitrogen and oxygen atoms in total. The van der Waals surface area contributed by atoms with E-state index < -0.39 is 29.6 Å². The predicted molar refractivity (Wildman–Crippen MR) is 86.7 cm³/mol. The Morgan fingerprint density at radius 1 is 1.08 bits per heavy atom. The number of halogens is 3. The molecule has 1 saturated carbocycles. The monoisotopic (exact) mass is 366 g/mol. The molecule has 4 amide bonds. The number of imide groups is 2. The SMILES string of the molecule is O=C1NC(=O)N(C2CCCCC2)C(=O)C1=Cc1cccc(C(F)(F)F)c1. The van der Waals surface area contributed by atoms with Crippen molar-refractivity contribution >= 4 is 23.9 Å². The van der Waals surface area contributed by atoms with Gasteiger partial charge in [-0.15, -0.1) is 0 Å². The average Bonchev–Trinajstić information content (AvgIpc) is 2.59. The molecule has 1 aliphatic carbocycles. The number of rotatable bonds is 2. The summed E-state index contributed by atoms with van der Waals surface area (Å²) in [4.78, 5) is 37.9. The third-order valence-corrected chi connectivity index (χ3v) is 4.60. The van der Waals surface area contributed by atoms with Gasteiger partial charge in [0, 0.05) is 6.04 Å². The van der Waals surface area contributed by atoms with Crippen molar-refractivity contribution in [3.8, 4) is 0 Å². The number of carbonyl (C=O) groups is 3. The average molecular weight is 366 g/mol. The molecule has 1 aliphatic heterocycles. The van der Waals surface area contributed by atoms with Gasteiger partial charge >= 0.3 is 12.2 Å². The second-order valence-electron chi connectivity index (χ2n) is 6.41. The van der Waals surface area contributed by atoms with E-state index in [-0.39, 0.29) is 17.2 Å². The molecule has 26 heavy (non-hydrogen) atoms. The molecule has 8 heteroatoms. The Kier molecular flexibility index (Phi) is 4.84. The Balaban J connectivity index is 1.93. The van der Waals surface area contributed by atoms with Crippen molar-refractivity contribution in [3.05, 3.63) is 41.0 Å². The number of nitrogens with one attached hydrogen (secondary N) is 1. The van der Waals surface area contributed by atoms with Crippen LogP contribution in [-0.4, -0.2) is 28.8 Å². The van der Waals surface area contributed by atoms with E-state index in [1.807, 2.05) is 0 Å². The molecule has 3 rings (SSSR count). The third kappa shape index (κ3) is 3.63. The second-order valence-corrected chi connectivity index (χ2v) is 6.41. The highest BCUT2D eigenvalue weighted by Crippen LogP contribution is 2.30. The Morgan fingerprint density at radius 2 is 1.77 bits per heavy atom. The zero-order valence-corrected chi connectivity index (χ0v) is 13.8. The van der Waals surface area contributed by atoms with E-state index in [0.29, 0.717) is 12.8 Å². The van der Waals surface area contributed by atoms with Crippen molar-refractivity contribution in [2.45, 2.75) is 44.3 Å². The summed E-state index contributed by atoms with van der Waals surface area (Å²) in [6, 6.07) is 3.26. The first-order chi connectivity index (χ1) is 12.3. The molecule has 1 heterocycles. The zero-order valence-electron chi connectivity index (χ0n) is 13.8. The molecule has 0 aromatic heterocycles. The quantitative estimate of drug-likeness (QED) is 0.644. The van der Waals surface area contributed by atoms with Crippen molar-refractivity contribution in [2.24, 2.45) is 0 Å².